The largest absolute Gasteiger partial charge is 0.387 e. The maximum absolute atomic E-state index is 10.6. The molecule has 4 heterocycles. The molecule has 11 nitrogen and oxygen atoms in total. The van der Waals surface area contributed by atoms with Gasteiger partial charge in [0.05, 0.1) is 6.33 Å². The Balaban J connectivity index is 1.45. The van der Waals surface area contributed by atoms with Gasteiger partial charge in [-0.3, -0.25) is 4.57 Å². The number of ether oxygens (including phenoxy) is 1. The number of aliphatic hydroxyl groups excluding tert-OH is 2. The van der Waals surface area contributed by atoms with Crippen LogP contribution in [0.2, 0.25) is 0 Å². The minimum Gasteiger partial charge on any atom is -0.387 e. The van der Waals surface area contributed by atoms with Gasteiger partial charge < -0.3 is 24.8 Å². The fourth-order valence-corrected chi connectivity index (χ4v) is 3.31. The second-order valence-corrected chi connectivity index (χ2v) is 8.60. The number of hydrogen-bond donors (Lipinski definition) is 3. The zero-order valence-electron chi connectivity index (χ0n) is 16.3. The Morgan fingerprint density at radius 3 is 2.62 bits per heavy atom. The lowest BCUT2D eigenvalue weighted by Crippen LogP contribution is -2.29. The van der Waals surface area contributed by atoms with E-state index in [1.807, 2.05) is 20.8 Å². The van der Waals surface area contributed by atoms with Crippen LogP contribution in [0.4, 0.5) is 5.82 Å². The highest BCUT2D eigenvalue weighted by Gasteiger charge is 2.48. The Kier molecular flexibility index (Phi) is 4.09. The van der Waals surface area contributed by atoms with Crippen molar-refractivity contribution in [3.8, 4) is 0 Å². The van der Waals surface area contributed by atoms with Crippen molar-refractivity contribution in [1.82, 2.24) is 29.7 Å². The molecule has 0 radical (unpaired) electrons. The van der Waals surface area contributed by atoms with Gasteiger partial charge >= 0.3 is 0 Å². The fraction of sp³-hybridized carbons (Fsp3) is 0.611. The Morgan fingerprint density at radius 1 is 1.14 bits per heavy atom. The third-order valence-corrected chi connectivity index (χ3v) is 5.15. The van der Waals surface area contributed by atoms with Gasteiger partial charge in [-0.25, -0.2) is 15.0 Å². The molecule has 29 heavy (non-hydrogen) atoms. The first-order valence-electron chi connectivity index (χ1n) is 9.62. The summed E-state index contributed by atoms with van der Waals surface area (Å²) in [5.41, 5.74) is 0.771. The lowest BCUT2D eigenvalue weighted by atomic mass is 9.96. The van der Waals surface area contributed by atoms with Gasteiger partial charge in [-0.05, 0) is 12.8 Å². The molecule has 1 aliphatic heterocycles. The Morgan fingerprint density at radius 2 is 1.93 bits per heavy atom. The van der Waals surface area contributed by atoms with Gasteiger partial charge in [-0.1, -0.05) is 25.9 Å². The van der Waals surface area contributed by atoms with Gasteiger partial charge in [0.15, 0.2) is 35.1 Å². The predicted octanol–water partition coefficient (Wildman–Crippen LogP) is 1.07. The number of anilines is 1. The van der Waals surface area contributed by atoms with E-state index in [0.717, 1.165) is 12.8 Å². The van der Waals surface area contributed by atoms with Crippen LogP contribution in [0.5, 0.6) is 0 Å². The lowest BCUT2D eigenvalue weighted by molar-refractivity contribution is -0.0451. The third-order valence-electron chi connectivity index (χ3n) is 5.15. The zero-order chi connectivity index (χ0) is 20.3. The van der Waals surface area contributed by atoms with Gasteiger partial charge in [0.2, 0.25) is 0 Å². The normalized spacial score (nSPS) is 27.6. The molecule has 1 saturated carbocycles. The molecule has 4 atom stereocenters. The van der Waals surface area contributed by atoms with Crippen molar-refractivity contribution in [1.29, 1.82) is 0 Å². The van der Waals surface area contributed by atoms with E-state index in [-0.39, 0.29) is 11.3 Å². The van der Waals surface area contributed by atoms with E-state index < -0.39 is 24.5 Å². The maximum atomic E-state index is 10.6. The third kappa shape index (κ3) is 3.15. The maximum Gasteiger partial charge on any atom is 0.258 e. The average molecular weight is 401 g/mol. The van der Waals surface area contributed by atoms with Gasteiger partial charge in [0.1, 0.15) is 18.5 Å². The predicted molar refractivity (Wildman–Crippen MR) is 99.8 cm³/mol. The minimum atomic E-state index is -1.24. The smallest absolute Gasteiger partial charge is 0.258 e. The monoisotopic (exact) mass is 401 g/mol. The molecule has 3 aromatic rings. The SMILES string of the molecule is CC(C)(C)c1noc([C@H]2O[C@@H](n3cnc4c(NC5CC5)ncnc43)[C@H](O)[C@@H]2O)n1. The summed E-state index contributed by atoms with van der Waals surface area (Å²) in [4.78, 5) is 17.3. The standard InChI is InChI=1S/C18H23N7O4/c1-18(2,3)17-23-15(29-24-17)12-10(26)11(27)16(28-12)25-7-21-9-13(22-8-4-5-8)19-6-20-14(9)25/h6-8,10-12,16,26-27H,4-5H2,1-3H3,(H,19,20,22)/t10-,11+,12-,16+/m0/s1. The van der Waals surface area contributed by atoms with Crippen molar-refractivity contribution >= 4 is 17.0 Å². The molecular weight excluding hydrogens is 378 g/mol. The molecule has 1 aliphatic carbocycles. The molecule has 1 saturated heterocycles. The molecule has 0 spiro atoms. The number of fused-ring (bicyclic) bond motifs is 1. The van der Waals surface area contributed by atoms with Crippen molar-refractivity contribution in [2.24, 2.45) is 0 Å². The van der Waals surface area contributed by atoms with Crippen molar-refractivity contribution < 1.29 is 19.5 Å². The molecule has 0 bridgehead atoms. The molecule has 5 rings (SSSR count). The van der Waals surface area contributed by atoms with Gasteiger partial charge in [0.25, 0.3) is 5.89 Å². The number of imidazole rings is 1. The van der Waals surface area contributed by atoms with Gasteiger partial charge in [0, 0.05) is 11.5 Å². The van der Waals surface area contributed by atoms with Crippen molar-refractivity contribution in [3.05, 3.63) is 24.4 Å². The quantitative estimate of drug-likeness (QED) is 0.580. The zero-order valence-corrected chi connectivity index (χ0v) is 16.3. The summed E-state index contributed by atoms with van der Waals surface area (Å²) in [6.45, 7) is 5.86. The summed E-state index contributed by atoms with van der Waals surface area (Å²) in [6.07, 6.45) is 0.837. The average Bonchev–Trinajstić information content (AvgIpc) is 3.07. The van der Waals surface area contributed by atoms with Crippen LogP contribution in [0.3, 0.4) is 0 Å². The van der Waals surface area contributed by atoms with Crippen molar-refractivity contribution in [2.45, 2.75) is 69.6 Å². The first kappa shape index (κ1) is 18.4. The number of aliphatic hydroxyl groups is 2. The highest BCUT2D eigenvalue weighted by Crippen LogP contribution is 2.40. The van der Waals surface area contributed by atoms with E-state index in [4.69, 9.17) is 9.26 Å². The van der Waals surface area contributed by atoms with Crippen molar-refractivity contribution in [2.75, 3.05) is 5.32 Å². The Hall–Kier alpha value is -2.63. The summed E-state index contributed by atoms with van der Waals surface area (Å²) in [6, 6.07) is 0.410. The Labute approximate surface area is 166 Å². The first-order chi connectivity index (χ1) is 13.8. The first-order valence-corrected chi connectivity index (χ1v) is 9.62. The second-order valence-electron chi connectivity index (χ2n) is 8.60. The van der Waals surface area contributed by atoms with E-state index in [0.29, 0.717) is 28.8 Å². The van der Waals surface area contributed by atoms with Crippen molar-refractivity contribution in [3.63, 3.8) is 0 Å². The molecule has 3 N–H and O–H groups in total. The van der Waals surface area contributed by atoms with Crippen LogP contribution in [-0.4, -0.2) is 58.1 Å². The number of nitrogens with one attached hydrogen (secondary N) is 1. The van der Waals surface area contributed by atoms with Crippen LogP contribution in [0.1, 0.15) is 57.7 Å². The highest BCUT2D eigenvalue weighted by atomic mass is 16.6. The second kappa shape index (κ2) is 6.44. The van der Waals surface area contributed by atoms with E-state index in [1.54, 1.807) is 4.57 Å². The number of rotatable bonds is 4. The topological polar surface area (TPSA) is 144 Å². The minimum absolute atomic E-state index is 0.124. The summed E-state index contributed by atoms with van der Waals surface area (Å²) < 4.78 is 12.8. The molecule has 3 aromatic heterocycles. The van der Waals surface area contributed by atoms with Crippen LogP contribution in [-0.2, 0) is 10.2 Å². The summed E-state index contributed by atoms with van der Waals surface area (Å²) in [5, 5.41) is 28.5. The fourth-order valence-electron chi connectivity index (χ4n) is 3.31. The van der Waals surface area contributed by atoms with Gasteiger partial charge in [-0.15, -0.1) is 0 Å². The van der Waals surface area contributed by atoms with Crippen LogP contribution < -0.4 is 5.32 Å². The molecule has 0 aromatic carbocycles. The van der Waals surface area contributed by atoms with Crippen LogP contribution >= 0.6 is 0 Å². The number of hydrogen-bond acceptors (Lipinski definition) is 10. The van der Waals surface area contributed by atoms with Crippen LogP contribution in [0, 0.1) is 0 Å². The molecular formula is C18H23N7O4. The summed E-state index contributed by atoms with van der Waals surface area (Å²) in [7, 11) is 0. The molecule has 0 unspecified atom stereocenters. The van der Waals surface area contributed by atoms with Crippen LogP contribution in [0.15, 0.2) is 17.2 Å². The van der Waals surface area contributed by atoms with E-state index in [2.05, 4.69) is 30.4 Å². The van der Waals surface area contributed by atoms with E-state index in [9.17, 15) is 10.2 Å². The molecule has 2 fully saturated rings. The van der Waals surface area contributed by atoms with E-state index >= 15 is 0 Å². The molecule has 11 heteroatoms. The molecule has 154 valence electrons. The molecule has 2 aliphatic rings. The van der Waals surface area contributed by atoms with Gasteiger partial charge in [-0.2, -0.15) is 4.98 Å². The summed E-state index contributed by atoms with van der Waals surface area (Å²) in [5.74, 6) is 1.27. The lowest BCUT2D eigenvalue weighted by Gasteiger charge is -2.16. The van der Waals surface area contributed by atoms with Crippen LogP contribution in [0.25, 0.3) is 11.2 Å². The molecule has 0 amide bonds. The summed E-state index contributed by atoms with van der Waals surface area (Å²) >= 11 is 0. The van der Waals surface area contributed by atoms with E-state index in [1.165, 1.54) is 12.7 Å². The highest BCUT2D eigenvalue weighted by molar-refractivity contribution is 5.83. The number of aromatic nitrogens is 6. The Bertz CT molecular complexity index is 1040. The number of nitrogens with zero attached hydrogens (tertiary/aromatic N) is 6.